The molecular weight excluding hydrogens is 176 g/mol. The Morgan fingerprint density at radius 3 is 2.64 bits per heavy atom. The first kappa shape index (κ1) is 8.75. The number of esters is 1. The largest absolute Gasteiger partial charge is 0.423 e. The smallest absolute Gasteiger partial charge is 0.336 e. The fraction of sp³-hybridized carbons (Fsp3) is 0.0833. The molecule has 2 heteroatoms. The van der Waals surface area contributed by atoms with E-state index in [4.69, 9.17) is 4.74 Å². The first-order chi connectivity index (χ1) is 6.75. The van der Waals surface area contributed by atoms with Crippen LogP contribution in [0.15, 0.2) is 42.2 Å². The van der Waals surface area contributed by atoms with Crippen molar-refractivity contribution in [2.75, 3.05) is 0 Å². The van der Waals surface area contributed by atoms with Crippen LogP contribution in [-0.4, -0.2) is 5.97 Å². The van der Waals surface area contributed by atoms with E-state index in [0.29, 0.717) is 5.76 Å². The molecule has 1 aliphatic heterocycles. The topological polar surface area (TPSA) is 26.3 Å². The molecule has 14 heavy (non-hydrogen) atoms. The van der Waals surface area contributed by atoms with Gasteiger partial charge in [-0.2, -0.15) is 0 Å². The van der Waals surface area contributed by atoms with E-state index in [2.05, 4.69) is 0 Å². The molecule has 1 heterocycles. The van der Waals surface area contributed by atoms with Crippen molar-refractivity contribution in [3.8, 4) is 0 Å². The zero-order chi connectivity index (χ0) is 9.97. The van der Waals surface area contributed by atoms with Crippen LogP contribution in [0.25, 0.3) is 6.08 Å². The summed E-state index contributed by atoms with van der Waals surface area (Å²) in [5.74, 6) is 0.300. The lowest BCUT2D eigenvalue weighted by Crippen LogP contribution is -1.90. The molecule has 0 spiro atoms. The second-order valence-electron chi connectivity index (χ2n) is 3.16. The third-order valence-corrected chi connectivity index (χ3v) is 2.09. The van der Waals surface area contributed by atoms with E-state index in [9.17, 15) is 4.79 Å². The van der Waals surface area contributed by atoms with Crippen molar-refractivity contribution in [3.63, 3.8) is 0 Å². The van der Waals surface area contributed by atoms with Crippen LogP contribution in [0.1, 0.15) is 11.1 Å². The zero-order valence-electron chi connectivity index (χ0n) is 7.86. The van der Waals surface area contributed by atoms with Crippen molar-refractivity contribution >= 4 is 12.0 Å². The van der Waals surface area contributed by atoms with Crippen molar-refractivity contribution < 1.29 is 9.53 Å². The highest BCUT2D eigenvalue weighted by molar-refractivity contribution is 5.87. The van der Waals surface area contributed by atoms with Crippen molar-refractivity contribution in [3.05, 3.63) is 53.3 Å². The summed E-state index contributed by atoms with van der Waals surface area (Å²) in [6.07, 6.45) is 4.95. The summed E-state index contributed by atoms with van der Waals surface area (Å²) in [5.41, 5.74) is 2.23. The molecule has 0 saturated heterocycles. The average molecular weight is 186 g/mol. The molecule has 70 valence electrons. The van der Waals surface area contributed by atoms with E-state index < -0.39 is 0 Å². The predicted molar refractivity (Wildman–Crippen MR) is 54.4 cm³/mol. The lowest BCUT2D eigenvalue weighted by molar-refractivity contribution is -0.132. The molecule has 0 saturated carbocycles. The highest BCUT2D eigenvalue weighted by atomic mass is 16.5. The van der Waals surface area contributed by atoms with Gasteiger partial charge in [0.1, 0.15) is 5.76 Å². The Balaban J connectivity index is 2.31. The summed E-state index contributed by atoms with van der Waals surface area (Å²) in [6, 6.07) is 7.95. The highest BCUT2D eigenvalue weighted by Crippen LogP contribution is 2.16. The Morgan fingerprint density at radius 2 is 2.00 bits per heavy atom. The van der Waals surface area contributed by atoms with Crippen molar-refractivity contribution in [1.29, 1.82) is 0 Å². The molecule has 1 aliphatic rings. The summed E-state index contributed by atoms with van der Waals surface area (Å²) >= 11 is 0. The lowest BCUT2D eigenvalue weighted by Gasteiger charge is -2.00. The monoisotopic (exact) mass is 186 g/mol. The van der Waals surface area contributed by atoms with E-state index in [1.807, 2.05) is 37.3 Å². The van der Waals surface area contributed by atoms with Gasteiger partial charge in [0.05, 0.1) is 0 Å². The van der Waals surface area contributed by atoms with Gasteiger partial charge in [-0.15, -0.1) is 0 Å². The summed E-state index contributed by atoms with van der Waals surface area (Å²) < 4.78 is 4.93. The minimum absolute atomic E-state index is 0.301. The third kappa shape index (κ3) is 1.74. The number of allylic oxidation sites excluding steroid dienone is 1. The Morgan fingerprint density at radius 1 is 1.21 bits per heavy atom. The molecule has 0 amide bonds. The van der Waals surface area contributed by atoms with Crippen molar-refractivity contribution in [2.24, 2.45) is 0 Å². The maximum absolute atomic E-state index is 10.8. The highest BCUT2D eigenvalue weighted by Gasteiger charge is 2.09. The van der Waals surface area contributed by atoms with Crippen LogP contribution in [0.3, 0.4) is 0 Å². The molecule has 0 N–H and O–H groups in total. The van der Waals surface area contributed by atoms with Crippen LogP contribution in [0, 0.1) is 6.92 Å². The molecule has 1 aromatic rings. The van der Waals surface area contributed by atoms with Crippen molar-refractivity contribution in [1.82, 2.24) is 0 Å². The maximum atomic E-state index is 10.8. The van der Waals surface area contributed by atoms with Crippen LogP contribution in [0.4, 0.5) is 0 Å². The molecule has 0 bridgehead atoms. The zero-order valence-corrected chi connectivity index (χ0v) is 7.86. The van der Waals surface area contributed by atoms with E-state index in [1.54, 1.807) is 6.08 Å². The fourth-order valence-electron chi connectivity index (χ4n) is 1.31. The van der Waals surface area contributed by atoms with Crippen molar-refractivity contribution in [2.45, 2.75) is 6.92 Å². The normalized spacial score (nSPS) is 17.5. The van der Waals surface area contributed by atoms with Crippen LogP contribution in [0.5, 0.6) is 0 Å². The van der Waals surface area contributed by atoms with Crippen LogP contribution in [0.2, 0.25) is 0 Å². The van der Waals surface area contributed by atoms with Crippen LogP contribution < -0.4 is 0 Å². The number of ether oxygens (including phenoxy) is 1. The van der Waals surface area contributed by atoms with Gasteiger partial charge in [0.15, 0.2) is 0 Å². The third-order valence-electron chi connectivity index (χ3n) is 2.09. The molecule has 2 nitrogen and oxygen atoms in total. The molecule has 0 fully saturated rings. The predicted octanol–water partition coefficient (Wildman–Crippen LogP) is 2.45. The fourth-order valence-corrected chi connectivity index (χ4v) is 1.31. The molecule has 1 aromatic carbocycles. The molecule has 0 aromatic heterocycles. The second-order valence-corrected chi connectivity index (χ2v) is 3.16. The van der Waals surface area contributed by atoms with Gasteiger partial charge in [-0.25, -0.2) is 4.79 Å². The van der Waals surface area contributed by atoms with Gasteiger partial charge < -0.3 is 4.74 Å². The molecule has 0 radical (unpaired) electrons. The molecule has 0 atom stereocenters. The van der Waals surface area contributed by atoms with Gasteiger partial charge in [-0.3, -0.25) is 0 Å². The first-order valence-electron chi connectivity index (χ1n) is 4.43. The first-order valence-corrected chi connectivity index (χ1v) is 4.43. The number of carbonyl (C=O) groups is 1. The quantitative estimate of drug-likeness (QED) is 0.630. The number of hydrogen-bond donors (Lipinski definition) is 0. The lowest BCUT2D eigenvalue weighted by atomic mass is 10.1. The molecule has 0 aliphatic carbocycles. The van der Waals surface area contributed by atoms with E-state index in [-0.39, 0.29) is 5.97 Å². The number of hydrogen-bond acceptors (Lipinski definition) is 2. The Hall–Kier alpha value is -1.83. The minimum atomic E-state index is -0.301. The number of carbonyl (C=O) groups excluding carboxylic acids is 1. The average Bonchev–Trinajstić information content (AvgIpc) is 2.56. The molecule has 2 rings (SSSR count). The maximum Gasteiger partial charge on any atom is 0.336 e. The number of aryl methyl sites for hydroxylation is 1. The minimum Gasteiger partial charge on any atom is -0.423 e. The Bertz CT molecular complexity index is 428. The van der Waals surface area contributed by atoms with Crippen LogP contribution >= 0.6 is 0 Å². The molecular formula is C12H10O2. The van der Waals surface area contributed by atoms with Gasteiger partial charge in [0.25, 0.3) is 0 Å². The summed E-state index contributed by atoms with van der Waals surface area (Å²) in [6.45, 7) is 2.02. The summed E-state index contributed by atoms with van der Waals surface area (Å²) in [7, 11) is 0. The van der Waals surface area contributed by atoms with Crippen LogP contribution in [-0.2, 0) is 9.53 Å². The Kier molecular flexibility index (Phi) is 2.19. The SMILES string of the molecule is Cc1ccccc1/C=C1/C=CC(=O)O1. The van der Waals surface area contributed by atoms with E-state index >= 15 is 0 Å². The second kappa shape index (κ2) is 3.50. The molecule has 0 unspecified atom stereocenters. The van der Waals surface area contributed by atoms with E-state index in [1.165, 1.54) is 6.08 Å². The van der Waals surface area contributed by atoms with Gasteiger partial charge in [-0.05, 0) is 30.2 Å². The van der Waals surface area contributed by atoms with Gasteiger partial charge in [0, 0.05) is 6.08 Å². The summed E-state index contributed by atoms with van der Waals surface area (Å²) in [5, 5.41) is 0. The standard InChI is InChI=1S/C12H10O2/c1-9-4-2-3-5-10(9)8-11-6-7-12(13)14-11/h2-8H,1H3/b11-8-. The Labute approximate surface area is 82.5 Å². The number of benzene rings is 1. The summed E-state index contributed by atoms with van der Waals surface area (Å²) in [4.78, 5) is 10.8. The van der Waals surface area contributed by atoms with Gasteiger partial charge >= 0.3 is 5.97 Å². The van der Waals surface area contributed by atoms with E-state index in [0.717, 1.165) is 11.1 Å². The van der Waals surface area contributed by atoms with Gasteiger partial charge in [-0.1, -0.05) is 24.3 Å². The number of cyclic esters (lactones) is 1. The number of rotatable bonds is 1. The van der Waals surface area contributed by atoms with Gasteiger partial charge in [0.2, 0.25) is 0 Å².